The second-order valence-electron chi connectivity index (χ2n) is 6.66. The molecule has 2 atom stereocenters. The van der Waals surface area contributed by atoms with Crippen molar-refractivity contribution in [3.63, 3.8) is 0 Å². The van der Waals surface area contributed by atoms with Gasteiger partial charge in [0.05, 0.1) is 17.9 Å². The Morgan fingerprint density at radius 3 is 2.14 bits per heavy atom. The van der Waals surface area contributed by atoms with Gasteiger partial charge in [-0.2, -0.15) is 5.26 Å². The smallest absolute Gasteiger partial charge is 0.234 e. The van der Waals surface area contributed by atoms with Gasteiger partial charge < -0.3 is 0 Å². The lowest BCUT2D eigenvalue weighted by atomic mass is 9.75. The minimum atomic E-state index is -0.878. The van der Waals surface area contributed by atoms with Crippen molar-refractivity contribution in [3.05, 3.63) is 12.2 Å². The van der Waals surface area contributed by atoms with Crippen LogP contribution in [0.1, 0.15) is 51.9 Å². The first-order valence-corrected chi connectivity index (χ1v) is 8.07. The van der Waals surface area contributed by atoms with E-state index < -0.39 is 5.54 Å². The number of amides is 2. The highest BCUT2D eigenvalue weighted by Gasteiger charge is 2.56. The third-order valence-electron chi connectivity index (χ3n) is 5.65. The van der Waals surface area contributed by atoms with Crippen LogP contribution in [0.2, 0.25) is 0 Å². The standard InChI is InChI=1S/C17H22N2O2/c1-2-12-7-9-17(11-18,10-8-12)19-15(20)13-5-3-4-6-14(13)16(19)21/h3-4,12-14H,2,5-10H2,1H3/t12?,13-,14+,17?. The van der Waals surface area contributed by atoms with Crippen LogP contribution in [0, 0.1) is 29.1 Å². The summed E-state index contributed by atoms with van der Waals surface area (Å²) in [5, 5.41) is 9.72. The quantitative estimate of drug-likeness (QED) is 0.579. The number of nitriles is 1. The number of likely N-dealkylation sites (tertiary alicyclic amines) is 1. The fourth-order valence-electron chi connectivity index (χ4n) is 4.17. The molecule has 3 rings (SSSR count). The van der Waals surface area contributed by atoms with E-state index in [1.54, 1.807) is 0 Å². The number of allylic oxidation sites excluding steroid dienone is 2. The van der Waals surface area contributed by atoms with Gasteiger partial charge in [0.25, 0.3) is 0 Å². The number of fused-ring (bicyclic) bond motifs is 1. The van der Waals surface area contributed by atoms with Gasteiger partial charge in [-0.3, -0.25) is 14.5 Å². The molecule has 1 saturated heterocycles. The lowest BCUT2D eigenvalue weighted by molar-refractivity contribution is -0.146. The fraction of sp³-hybridized carbons (Fsp3) is 0.706. The summed E-state index contributed by atoms with van der Waals surface area (Å²) in [6.07, 6.45) is 9.54. The number of hydrogen-bond acceptors (Lipinski definition) is 3. The zero-order chi connectivity index (χ0) is 15.0. The Morgan fingerprint density at radius 1 is 1.19 bits per heavy atom. The summed E-state index contributed by atoms with van der Waals surface area (Å²) in [7, 11) is 0. The van der Waals surface area contributed by atoms with Gasteiger partial charge in [0.15, 0.2) is 0 Å². The molecule has 2 amide bonds. The molecule has 2 fully saturated rings. The summed E-state index contributed by atoms with van der Waals surface area (Å²) < 4.78 is 0. The van der Waals surface area contributed by atoms with E-state index in [0.29, 0.717) is 31.6 Å². The topological polar surface area (TPSA) is 61.2 Å². The lowest BCUT2D eigenvalue weighted by Gasteiger charge is -2.40. The van der Waals surface area contributed by atoms with Gasteiger partial charge in [-0.15, -0.1) is 0 Å². The third-order valence-corrected chi connectivity index (χ3v) is 5.65. The molecule has 3 aliphatic rings. The summed E-state index contributed by atoms with van der Waals surface area (Å²) >= 11 is 0. The van der Waals surface area contributed by atoms with E-state index in [1.165, 1.54) is 4.90 Å². The molecular formula is C17H22N2O2. The average Bonchev–Trinajstić information content (AvgIpc) is 2.80. The van der Waals surface area contributed by atoms with Crippen LogP contribution in [0.5, 0.6) is 0 Å². The molecule has 1 saturated carbocycles. The lowest BCUT2D eigenvalue weighted by Crippen LogP contribution is -2.53. The minimum absolute atomic E-state index is 0.106. The fourth-order valence-corrected chi connectivity index (χ4v) is 4.17. The molecule has 4 nitrogen and oxygen atoms in total. The van der Waals surface area contributed by atoms with Gasteiger partial charge in [-0.25, -0.2) is 0 Å². The van der Waals surface area contributed by atoms with Gasteiger partial charge in [-0.1, -0.05) is 25.5 Å². The first kappa shape index (κ1) is 14.3. The molecule has 1 aliphatic heterocycles. The van der Waals surface area contributed by atoms with Gasteiger partial charge in [0.1, 0.15) is 5.54 Å². The van der Waals surface area contributed by atoms with Crippen LogP contribution >= 0.6 is 0 Å². The first-order valence-electron chi connectivity index (χ1n) is 8.07. The Labute approximate surface area is 125 Å². The number of carbonyl (C=O) groups excluding carboxylic acids is 2. The Bertz CT molecular complexity index is 497. The Morgan fingerprint density at radius 2 is 1.71 bits per heavy atom. The molecule has 0 aromatic rings. The molecule has 0 N–H and O–H groups in total. The minimum Gasteiger partial charge on any atom is -0.274 e. The van der Waals surface area contributed by atoms with Crippen LogP contribution < -0.4 is 0 Å². The highest BCUT2D eigenvalue weighted by Crippen LogP contribution is 2.44. The van der Waals surface area contributed by atoms with Crippen molar-refractivity contribution >= 4 is 11.8 Å². The highest BCUT2D eigenvalue weighted by molar-refractivity contribution is 6.06. The Hall–Kier alpha value is -1.63. The molecular weight excluding hydrogens is 264 g/mol. The Kier molecular flexibility index (Phi) is 3.61. The second kappa shape index (κ2) is 5.29. The van der Waals surface area contributed by atoms with Crippen LogP contribution in [0.15, 0.2) is 12.2 Å². The number of imide groups is 1. The van der Waals surface area contributed by atoms with Crippen LogP contribution in [-0.2, 0) is 9.59 Å². The molecule has 0 aromatic heterocycles. The molecule has 0 spiro atoms. The van der Waals surface area contributed by atoms with E-state index in [-0.39, 0.29) is 23.7 Å². The van der Waals surface area contributed by atoms with Crippen molar-refractivity contribution in [2.75, 3.05) is 0 Å². The van der Waals surface area contributed by atoms with Crippen molar-refractivity contribution in [1.29, 1.82) is 5.26 Å². The zero-order valence-electron chi connectivity index (χ0n) is 12.5. The number of carbonyl (C=O) groups is 2. The maximum atomic E-state index is 12.7. The van der Waals surface area contributed by atoms with E-state index in [1.807, 2.05) is 12.2 Å². The van der Waals surface area contributed by atoms with Crippen LogP contribution in [0.3, 0.4) is 0 Å². The molecule has 0 radical (unpaired) electrons. The second-order valence-corrected chi connectivity index (χ2v) is 6.66. The first-order chi connectivity index (χ1) is 10.1. The van der Waals surface area contributed by atoms with Crippen LogP contribution in [0.25, 0.3) is 0 Å². The molecule has 0 aromatic carbocycles. The normalized spacial score (nSPS) is 39.2. The molecule has 112 valence electrons. The van der Waals surface area contributed by atoms with E-state index in [0.717, 1.165) is 19.3 Å². The van der Waals surface area contributed by atoms with Gasteiger partial charge in [0.2, 0.25) is 11.8 Å². The predicted molar refractivity (Wildman–Crippen MR) is 77.8 cm³/mol. The number of hydrogen-bond donors (Lipinski definition) is 0. The number of nitrogens with zero attached hydrogens (tertiary/aromatic N) is 2. The van der Waals surface area contributed by atoms with Crippen molar-refractivity contribution in [2.24, 2.45) is 17.8 Å². The summed E-state index contributed by atoms with van der Waals surface area (Å²) in [6.45, 7) is 2.16. The van der Waals surface area contributed by atoms with Crippen molar-refractivity contribution in [2.45, 2.75) is 57.4 Å². The van der Waals surface area contributed by atoms with Gasteiger partial charge >= 0.3 is 0 Å². The molecule has 1 heterocycles. The summed E-state index contributed by atoms with van der Waals surface area (Å²) in [5.41, 5.74) is -0.878. The molecule has 0 bridgehead atoms. The predicted octanol–water partition coefficient (Wildman–Crippen LogP) is 2.80. The molecule has 2 aliphatic carbocycles. The Balaban J connectivity index is 1.87. The third kappa shape index (κ3) is 2.10. The maximum Gasteiger partial charge on any atom is 0.234 e. The summed E-state index contributed by atoms with van der Waals surface area (Å²) in [5.74, 6) is -0.0341. The summed E-state index contributed by atoms with van der Waals surface area (Å²) in [4.78, 5) is 26.7. The van der Waals surface area contributed by atoms with Crippen molar-refractivity contribution in [3.8, 4) is 6.07 Å². The monoisotopic (exact) mass is 286 g/mol. The van der Waals surface area contributed by atoms with Crippen molar-refractivity contribution in [1.82, 2.24) is 4.90 Å². The zero-order valence-corrected chi connectivity index (χ0v) is 12.5. The van der Waals surface area contributed by atoms with Gasteiger partial charge in [-0.05, 0) is 44.4 Å². The van der Waals surface area contributed by atoms with E-state index in [2.05, 4.69) is 13.0 Å². The van der Waals surface area contributed by atoms with Gasteiger partial charge in [0, 0.05) is 0 Å². The maximum absolute atomic E-state index is 12.7. The van der Waals surface area contributed by atoms with Crippen molar-refractivity contribution < 1.29 is 9.59 Å². The van der Waals surface area contributed by atoms with E-state index in [9.17, 15) is 14.9 Å². The van der Waals surface area contributed by atoms with E-state index >= 15 is 0 Å². The SMILES string of the molecule is CCC1CCC(C#N)(N2C(=O)[C@H]3CC=CC[C@H]3C2=O)CC1. The number of rotatable bonds is 2. The molecule has 0 unspecified atom stereocenters. The summed E-state index contributed by atoms with van der Waals surface area (Å²) in [6, 6.07) is 2.34. The molecule has 21 heavy (non-hydrogen) atoms. The van der Waals surface area contributed by atoms with E-state index in [4.69, 9.17) is 0 Å². The molecule has 4 heteroatoms. The average molecular weight is 286 g/mol. The van der Waals surface area contributed by atoms with Crippen LogP contribution in [0.4, 0.5) is 0 Å². The highest BCUT2D eigenvalue weighted by atomic mass is 16.2. The van der Waals surface area contributed by atoms with Crippen LogP contribution in [-0.4, -0.2) is 22.3 Å². The largest absolute Gasteiger partial charge is 0.274 e.